The molecular weight excluding hydrogens is 351 g/mol. The Morgan fingerprint density at radius 3 is 1.00 bits per heavy atom. The topological polar surface area (TPSA) is 0 Å². The summed E-state index contributed by atoms with van der Waals surface area (Å²) in [4.78, 5) is 0. The maximum Gasteiger partial charge on any atom is 0 e. The Balaban J connectivity index is 0. The standard InChI is InChI=1S/Cu.La.Mn.H4Si.Zn/h;;;1H4;. The van der Waals surface area contributed by atoms with E-state index < -0.39 is 0 Å². The van der Waals surface area contributed by atoms with Gasteiger partial charge in [0.05, 0.1) is 0 Å². The van der Waals surface area contributed by atoms with Crippen LogP contribution in [0.15, 0.2) is 0 Å². The summed E-state index contributed by atoms with van der Waals surface area (Å²) in [5.74, 6) is 0. The molecule has 0 nitrogen and oxygen atoms in total. The van der Waals surface area contributed by atoms with Crippen LogP contribution in [0.3, 0.4) is 0 Å². The molecule has 5 heteroatoms. The Kier molecular flexibility index (Phi) is 236. The zero-order valence-corrected chi connectivity index (χ0v) is 10.7. The predicted octanol–water partition coefficient (Wildman–Crippen LogP) is -1.46. The van der Waals surface area contributed by atoms with Gasteiger partial charge in [0.1, 0.15) is 0 Å². The summed E-state index contributed by atoms with van der Waals surface area (Å²) in [6.45, 7) is 0. The number of hydrogen-bond donors (Lipinski definition) is 0. The monoisotopic (exact) mass is 353 g/mol. The van der Waals surface area contributed by atoms with Crippen LogP contribution in [0.4, 0.5) is 0 Å². The summed E-state index contributed by atoms with van der Waals surface area (Å²) in [7, 11) is 0. The first-order valence-electron chi connectivity index (χ1n) is 0. The molecule has 0 rings (SSSR count). The van der Waals surface area contributed by atoms with E-state index >= 15 is 0 Å². The molecule has 0 fully saturated rings. The van der Waals surface area contributed by atoms with Gasteiger partial charge in [-0.05, 0) is 11.0 Å². The van der Waals surface area contributed by atoms with Crippen molar-refractivity contribution in [1.29, 1.82) is 0 Å². The molecule has 3 radical (unpaired) electrons. The zero-order chi connectivity index (χ0) is 0. The first-order chi connectivity index (χ1) is 0. The van der Waals surface area contributed by atoms with Crippen LogP contribution < -0.4 is 0 Å². The fourth-order valence-corrected chi connectivity index (χ4v) is 0. The van der Waals surface area contributed by atoms with Crippen LogP contribution in [0, 0.1) is 35.6 Å². The molecule has 5 heavy (non-hydrogen) atoms. The number of hydrogen-bond acceptors (Lipinski definition) is 0. The second-order valence-corrected chi connectivity index (χ2v) is 0. The fraction of sp³-hybridized carbons (Fsp3) is 0. The average Bonchev–Trinajstić information content (AvgIpc) is 0. The van der Waals surface area contributed by atoms with Crippen LogP contribution in [0.25, 0.3) is 0 Å². The summed E-state index contributed by atoms with van der Waals surface area (Å²) in [5.41, 5.74) is 0. The molecular formula is H4CuLaMnSiZn. The molecule has 0 N–H and O–H groups in total. The molecule has 0 aromatic heterocycles. The third-order valence-corrected chi connectivity index (χ3v) is 0. The van der Waals surface area contributed by atoms with Crippen molar-refractivity contribution in [2.75, 3.05) is 0 Å². The fourth-order valence-electron chi connectivity index (χ4n) is 0. The Morgan fingerprint density at radius 2 is 1.00 bits per heavy atom. The van der Waals surface area contributed by atoms with E-state index in [4.69, 9.17) is 0 Å². The van der Waals surface area contributed by atoms with Crippen LogP contribution in [0.2, 0.25) is 0 Å². The first kappa shape index (κ1) is 42.8. The van der Waals surface area contributed by atoms with Gasteiger partial charge in [0, 0.05) is 89.2 Å². The minimum Gasteiger partial charge on any atom is -0.0149 e. The quantitative estimate of drug-likeness (QED) is 0.467. The molecule has 31 valence electrons. The van der Waals surface area contributed by atoms with Gasteiger partial charge >= 0.3 is 0 Å². The maximum absolute atomic E-state index is 0. The molecule has 0 aliphatic heterocycles. The third-order valence-electron chi connectivity index (χ3n) is 0. The first-order valence-corrected chi connectivity index (χ1v) is 0. The minimum absolute atomic E-state index is 0. The van der Waals surface area contributed by atoms with Gasteiger partial charge in [0.15, 0.2) is 0 Å². The van der Waals surface area contributed by atoms with Gasteiger partial charge < -0.3 is 0 Å². The minimum atomic E-state index is 0. The second kappa shape index (κ2) is 27.6. The van der Waals surface area contributed by atoms with E-state index in [-0.39, 0.29) is 100 Å². The molecule has 0 aliphatic rings. The van der Waals surface area contributed by atoms with E-state index in [1.54, 1.807) is 0 Å². The SMILES string of the molecule is [Cu].[La].[Mn].[SiH4].[Zn]. The Labute approximate surface area is 98.3 Å². The molecule has 0 aromatic rings. The van der Waals surface area contributed by atoms with Gasteiger partial charge in [0.2, 0.25) is 0 Å². The summed E-state index contributed by atoms with van der Waals surface area (Å²) < 4.78 is 0. The van der Waals surface area contributed by atoms with Crippen molar-refractivity contribution in [1.82, 2.24) is 0 Å². The summed E-state index contributed by atoms with van der Waals surface area (Å²) in [5, 5.41) is 0. The van der Waals surface area contributed by atoms with E-state index in [0.29, 0.717) is 0 Å². The van der Waals surface area contributed by atoms with Crippen LogP contribution in [-0.4, -0.2) is 11.0 Å². The van der Waals surface area contributed by atoms with Crippen LogP contribution in [0.1, 0.15) is 0 Å². The van der Waals surface area contributed by atoms with Crippen molar-refractivity contribution in [2.24, 2.45) is 0 Å². The van der Waals surface area contributed by atoms with Gasteiger partial charge in [-0.1, -0.05) is 0 Å². The van der Waals surface area contributed by atoms with E-state index in [1.807, 2.05) is 0 Å². The molecule has 0 spiro atoms. The van der Waals surface area contributed by atoms with Gasteiger partial charge in [-0.2, -0.15) is 0 Å². The Bertz CT molecular complexity index is 11.6. The van der Waals surface area contributed by atoms with E-state index in [1.165, 1.54) is 0 Å². The summed E-state index contributed by atoms with van der Waals surface area (Å²) in [6, 6.07) is 0. The molecule has 0 amide bonds. The van der Waals surface area contributed by atoms with Crippen molar-refractivity contribution < 1.29 is 89.2 Å². The molecule has 0 unspecified atom stereocenters. The van der Waals surface area contributed by atoms with E-state index in [2.05, 4.69) is 0 Å². The van der Waals surface area contributed by atoms with Crippen LogP contribution in [-0.2, 0) is 53.6 Å². The molecule has 0 aliphatic carbocycles. The molecule has 0 atom stereocenters. The molecule has 0 saturated carbocycles. The summed E-state index contributed by atoms with van der Waals surface area (Å²) >= 11 is 0. The smallest absolute Gasteiger partial charge is 0 e. The van der Waals surface area contributed by atoms with Crippen LogP contribution in [0.5, 0.6) is 0 Å². The van der Waals surface area contributed by atoms with E-state index in [9.17, 15) is 0 Å². The molecule has 0 saturated heterocycles. The van der Waals surface area contributed by atoms with Gasteiger partial charge in [0.25, 0.3) is 0 Å². The summed E-state index contributed by atoms with van der Waals surface area (Å²) in [6.07, 6.45) is 0. The van der Waals surface area contributed by atoms with E-state index in [0.717, 1.165) is 0 Å². The largest absolute Gasteiger partial charge is 0.0149 e. The van der Waals surface area contributed by atoms with Crippen molar-refractivity contribution in [3.8, 4) is 0 Å². The van der Waals surface area contributed by atoms with Crippen molar-refractivity contribution in [2.45, 2.75) is 0 Å². The number of rotatable bonds is 0. The molecule has 0 bridgehead atoms. The second-order valence-electron chi connectivity index (χ2n) is 0. The Hall–Kier alpha value is 3.07. The van der Waals surface area contributed by atoms with Gasteiger partial charge in [-0.15, -0.1) is 0 Å². The van der Waals surface area contributed by atoms with Gasteiger partial charge in [-0.25, -0.2) is 0 Å². The molecule has 0 heterocycles. The average molecular weight is 355 g/mol. The predicted molar refractivity (Wildman–Crippen MR) is 11.3 cm³/mol. The van der Waals surface area contributed by atoms with Crippen molar-refractivity contribution in [3.63, 3.8) is 0 Å². The van der Waals surface area contributed by atoms with Crippen LogP contribution >= 0.6 is 0 Å². The van der Waals surface area contributed by atoms with Crippen molar-refractivity contribution in [3.05, 3.63) is 0 Å². The van der Waals surface area contributed by atoms with Gasteiger partial charge in [-0.3, -0.25) is 0 Å². The third kappa shape index (κ3) is 19.3. The maximum atomic E-state index is 0. The zero-order valence-electron chi connectivity index (χ0n) is 1.96. The Morgan fingerprint density at radius 1 is 1.00 bits per heavy atom. The molecule has 0 aromatic carbocycles. The normalized spacial score (nSPS) is 0. The van der Waals surface area contributed by atoms with Crippen molar-refractivity contribution >= 4 is 11.0 Å².